The third-order valence-electron chi connectivity index (χ3n) is 5.62. The Balaban J connectivity index is 1.35. The first-order valence-electron chi connectivity index (χ1n) is 8.29. The Kier molecular flexibility index (Phi) is 3.82. The van der Waals surface area contributed by atoms with Gasteiger partial charge in [0.25, 0.3) is 0 Å². The van der Waals surface area contributed by atoms with Crippen molar-refractivity contribution in [2.24, 2.45) is 0 Å². The van der Waals surface area contributed by atoms with E-state index in [4.69, 9.17) is 14.2 Å². The number of methoxy groups -OCH3 is 1. The third kappa shape index (κ3) is 3.31. The SMILES string of the molecule is COC(=O)C[C@H]1O[C@]1(C)CC[C@H]1O[C@]1(C)CC[C@H]1OC1(C)C. The molecule has 0 aromatic rings. The number of hydrogen-bond acceptors (Lipinski definition) is 5. The summed E-state index contributed by atoms with van der Waals surface area (Å²) in [6, 6.07) is 0. The van der Waals surface area contributed by atoms with E-state index in [1.165, 1.54) is 7.11 Å². The molecule has 0 radical (unpaired) electrons. The van der Waals surface area contributed by atoms with Crippen LogP contribution in [0.3, 0.4) is 0 Å². The molecule has 5 atom stereocenters. The molecule has 22 heavy (non-hydrogen) atoms. The molecule has 3 saturated heterocycles. The highest BCUT2D eigenvalue weighted by Gasteiger charge is 2.58. The van der Waals surface area contributed by atoms with Crippen molar-refractivity contribution >= 4 is 5.97 Å². The quantitative estimate of drug-likeness (QED) is 0.509. The molecule has 0 spiro atoms. The summed E-state index contributed by atoms with van der Waals surface area (Å²) in [6.45, 7) is 8.53. The second-order valence-corrected chi connectivity index (χ2v) is 7.91. The average molecular weight is 312 g/mol. The van der Waals surface area contributed by atoms with Crippen molar-refractivity contribution in [2.45, 2.75) is 94.9 Å². The number of hydrogen-bond donors (Lipinski definition) is 0. The van der Waals surface area contributed by atoms with Crippen LogP contribution in [0, 0.1) is 0 Å². The highest BCUT2D eigenvalue weighted by Crippen LogP contribution is 2.50. The van der Waals surface area contributed by atoms with Gasteiger partial charge in [-0.05, 0) is 53.4 Å². The summed E-state index contributed by atoms with van der Waals surface area (Å²) < 4.78 is 21.9. The van der Waals surface area contributed by atoms with Gasteiger partial charge in [-0.2, -0.15) is 0 Å². The van der Waals surface area contributed by atoms with Crippen molar-refractivity contribution in [1.29, 1.82) is 0 Å². The van der Waals surface area contributed by atoms with Crippen LogP contribution in [0.1, 0.15) is 59.8 Å². The molecular weight excluding hydrogens is 284 g/mol. The van der Waals surface area contributed by atoms with Crippen molar-refractivity contribution in [2.75, 3.05) is 7.11 Å². The van der Waals surface area contributed by atoms with E-state index in [0.29, 0.717) is 18.6 Å². The van der Waals surface area contributed by atoms with Crippen LogP contribution in [0.15, 0.2) is 0 Å². The van der Waals surface area contributed by atoms with Gasteiger partial charge in [-0.25, -0.2) is 0 Å². The molecular formula is C17H28O5. The van der Waals surface area contributed by atoms with E-state index >= 15 is 0 Å². The molecule has 0 amide bonds. The molecule has 0 aromatic heterocycles. The minimum Gasteiger partial charge on any atom is -0.469 e. The molecule has 3 aliphatic rings. The highest BCUT2D eigenvalue weighted by atomic mass is 16.6. The second kappa shape index (κ2) is 5.18. The van der Waals surface area contributed by atoms with Crippen molar-refractivity contribution in [3.63, 3.8) is 0 Å². The first-order chi connectivity index (χ1) is 10.2. The molecule has 3 aliphatic heterocycles. The topological polar surface area (TPSA) is 63.9 Å². The standard InChI is InChI=1S/C17H28O5/c1-15(2)11(20-15)6-8-16(3)12(21-16)7-9-17(4)13(22-17)10-14(18)19-5/h11-13H,6-10H2,1-5H3/t11-,12-,13-,16-,17-/m1/s1. The third-order valence-corrected chi connectivity index (χ3v) is 5.62. The molecule has 3 rings (SSSR count). The van der Waals surface area contributed by atoms with Gasteiger partial charge in [0.05, 0.1) is 48.6 Å². The molecule has 0 unspecified atom stereocenters. The number of carbonyl (C=O) groups excluding carboxylic acids is 1. The average Bonchev–Trinajstić information content (AvgIpc) is 3.36. The van der Waals surface area contributed by atoms with Crippen LogP contribution < -0.4 is 0 Å². The van der Waals surface area contributed by atoms with E-state index < -0.39 is 0 Å². The van der Waals surface area contributed by atoms with Gasteiger partial charge < -0.3 is 18.9 Å². The second-order valence-electron chi connectivity index (χ2n) is 7.91. The number of carbonyl (C=O) groups is 1. The van der Waals surface area contributed by atoms with Crippen molar-refractivity contribution in [3.8, 4) is 0 Å². The summed E-state index contributed by atoms with van der Waals surface area (Å²) in [5.74, 6) is -0.201. The summed E-state index contributed by atoms with van der Waals surface area (Å²) in [6.07, 6.45) is 5.10. The summed E-state index contributed by atoms with van der Waals surface area (Å²) >= 11 is 0. The molecule has 0 saturated carbocycles. The zero-order valence-electron chi connectivity index (χ0n) is 14.3. The Morgan fingerprint density at radius 3 is 1.95 bits per heavy atom. The largest absolute Gasteiger partial charge is 0.469 e. The van der Waals surface area contributed by atoms with Gasteiger partial charge in [0.1, 0.15) is 0 Å². The Hall–Kier alpha value is -0.650. The van der Waals surface area contributed by atoms with Crippen LogP contribution in [-0.2, 0) is 23.7 Å². The van der Waals surface area contributed by atoms with Gasteiger partial charge in [0.15, 0.2) is 0 Å². The smallest absolute Gasteiger partial charge is 0.308 e. The first-order valence-corrected chi connectivity index (χ1v) is 8.29. The molecule has 0 bridgehead atoms. The Bertz CT molecular complexity index is 462. The summed E-state index contributed by atoms with van der Waals surface area (Å²) in [4.78, 5) is 11.3. The number of esters is 1. The Morgan fingerprint density at radius 2 is 1.41 bits per heavy atom. The molecule has 126 valence electrons. The molecule has 5 nitrogen and oxygen atoms in total. The molecule has 0 N–H and O–H groups in total. The molecule has 3 heterocycles. The molecule has 0 aliphatic carbocycles. The lowest BCUT2D eigenvalue weighted by molar-refractivity contribution is -0.140. The van der Waals surface area contributed by atoms with E-state index in [9.17, 15) is 4.79 Å². The monoisotopic (exact) mass is 312 g/mol. The fourth-order valence-corrected chi connectivity index (χ4v) is 3.45. The minimum atomic E-state index is -0.201. The van der Waals surface area contributed by atoms with E-state index in [1.807, 2.05) is 0 Å². The fourth-order valence-electron chi connectivity index (χ4n) is 3.45. The lowest BCUT2D eigenvalue weighted by Crippen LogP contribution is -2.17. The zero-order valence-corrected chi connectivity index (χ0v) is 14.3. The maximum Gasteiger partial charge on any atom is 0.308 e. The van der Waals surface area contributed by atoms with E-state index in [-0.39, 0.29) is 28.9 Å². The van der Waals surface area contributed by atoms with Crippen LogP contribution in [0.25, 0.3) is 0 Å². The predicted molar refractivity (Wildman–Crippen MR) is 80.6 cm³/mol. The molecule has 5 heteroatoms. The Morgan fingerprint density at radius 1 is 0.909 bits per heavy atom. The molecule has 0 aromatic carbocycles. The van der Waals surface area contributed by atoms with Gasteiger partial charge in [-0.15, -0.1) is 0 Å². The number of epoxide rings is 3. The maximum absolute atomic E-state index is 11.3. The van der Waals surface area contributed by atoms with Gasteiger partial charge in [0.2, 0.25) is 0 Å². The lowest BCUT2D eigenvalue weighted by Gasteiger charge is -2.07. The van der Waals surface area contributed by atoms with Crippen molar-refractivity contribution in [3.05, 3.63) is 0 Å². The number of rotatable bonds is 8. The van der Waals surface area contributed by atoms with Gasteiger partial charge in [-0.3, -0.25) is 4.79 Å². The van der Waals surface area contributed by atoms with Crippen molar-refractivity contribution in [1.82, 2.24) is 0 Å². The van der Waals surface area contributed by atoms with Crippen molar-refractivity contribution < 1.29 is 23.7 Å². The first kappa shape index (κ1) is 16.2. The zero-order chi connectivity index (χ0) is 16.2. The maximum atomic E-state index is 11.3. The molecule has 3 fully saturated rings. The summed E-state index contributed by atoms with van der Waals surface area (Å²) in [7, 11) is 1.41. The minimum absolute atomic E-state index is 0.00509. The van der Waals surface area contributed by atoms with Gasteiger partial charge in [0, 0.05) is 0 Å². The lowest BCUT2D eigenvalue weighted by atomic mass is 9.92. The van der Waals surface area contributed by atoms with E-state index in [0.717, 1.165) is 25.7 Å². The van der Waals surface area contributed by atoms with Gasteiger partial charge in [-0.1, -0.05) is 0 Å². The normalized spacial score (nSPS) is 44.5. The van der Waals surface area contributed by atoms with Crippen LogP contribution in [-0.4, -0.2) is 48.2 Å². The van der Waals surface area contributed by atoms with Crippen LogP contribution in [0.4, 0.5) is 0 Å². The summed E-state index contributed by atoms with van der Waals surface area (Å²) in [5.41, 5.74) is -0.106. The van der Waals surface area contributed by atoms with Crippen LogP contribution in [0.2, 0.25) is 0 Å². The van der Waals surface area contributed by atoms with Crippen LogP contribution >= 0.6 is 0 Å². The van der Waals surface area contributed by atoms with Crippen LogP contribution in [0.5, 0.6) is 0 Å². The Labute approximate surface area is 132 Å². The van der Waals surface area contributed by atoms with E-state index in [1.54, 1.807) is 0 Å². The van der Waals surface area contributed by atoms with E-state index in [2.05, 4.69) is 32.4 Å². The summed E-state index contributed by atoms with van der Waals surface area (Å²) in [5, 5.41) is 0. The predicted octanol–water partition coefficient (Wildman–Crippen LogP) is 2.60. The highest BCUT2D eigenvalue weighted by molar-refractivity contribution is 5.70. The van der Waals surface area contributed by atoms with Gasteiger partial charge >= 0.3 is 5.97 Å². The fraction of sp³-hybridized carbons (Fsp3) is 0.941. The number of ether oxygens (including phenoxy) is 4.